The van der Waals surface area contributed by atoms with Crippen LogP contribution in [0.2, 0.25) is 0 Å². The third kappa shape index (κ3) is 2.66. The van der Waals surface area contributed by atoms with Gasteiger partial charge in [0.05, 0.1) is 12.0 Å². The van der Waals surface area contributed by atoms with E-state index in [2.05, 4.69) is 5.32 Å². The van der Waals surface area contributed by atoms with Gasteiger partial charge in [-0.15, -0.1) is 0 Å². The lowest BCUT2D eigenvalue weighted by molar-refractivity contribution is -0.141. The molecule has 0 aliphatic carbocycles. The van der Waals surface area contributed by atoms with Gasteiger partial charge in [-0.05, 0) is 19.4 Å². The molecule has 1 aliphatic rings. The molecule has 5 heteroatoms. The molecule has 4 nitrogen and oxygen atoms in total. The number of halogens is 1. The minimum absolute atomic E-state index is 0.0567. The molecule has 0 spiro atoms. The van der Waals surface area contributed by atoms with Crippen LogP contribution < -0.4 is 5.32 Å². The Bertz CT molecular complexity index is 518. The van der Waals surface area contributed by atoms with Crippen LogP contribution in [-0.2, 0) is 9.59 Å². The van der Waals surface area contributed by atoms with Crippen molar-refractivity contribution in [3.63, 3.8) is 0 Å². The summed E-state index contributed by atoms with van der Waals surface area (Å²) in [4.78, 5) is 25.5. The van der Waals surface area contributed by atoms with Gasteiger partial charge in [0, 0.05) is 25.6 Å². The van der Waals surface area contributed by atoms with E-state index < -0.39 is 12.0 Å². The largest absolute Gasteiger partial charge is 0.356 e. The lowest BCUT2D eigenvalue weighted by atomic mass is 9.83. The van der Waals surface area contributed by atoms with Gasteiger partial charge in [-0.25, -0.2) is 4.39 Å². The fourth-order valence-corrected chi connectivity index (χ4v) is 2.76. The molecular formula is C15H19FN2O2. The van der Waals surface area contributed by atoms with Crippen LogP contribution in [0.5, 0.6) is 0 Å². The second-order valence-electron chi connectivity index (χ2n) is 5.01. The Labute approximate surface area is 118 Å². The van der Waals surface area contributed by atoms with E-state index in [1.54, 1.807) is 25.2 Å². The van der Waals surface area contributed by atoms with Crippen molar-refractivity contribution in [2.45, 2.75) is 25.8 Å². The summed E-state index contributed by atoms with van der Waals surface area (Å²) < 4.78 is 14.0. The molecular weight excluding hydrogens is 259 g/mol. The first kappa shape index (κ1) is 14.5. The number of carbonyl (C=O) groups excluding carboxylic acids is 2. The number of carbonyl (C=O) groups is 2. The van der Waals surface area contributed by atoms with E-state index in [0.29, 0.717) is 24.9 Å². The summed E-state index contributed by atoms with van der Waals surface area (Å²) in [5.74, 6) is -0.971. The Balaban J connectivity index is 2.38. The van der Waals surface area contributed by atoms with Gasteiger partial charge in [0.2, 0.25) is 11.8 Å². The van der Waals surface area contributed by atoms with E-state index in [1.807, 2.05) is 6.92 Å². The number of amides is 2. The molecule has 0 radical (unpaired) electrons. The number of hydrogen-bond acceptors (Lipinski definition) is 2. The SMILES string of the molecule is CCNC(=O)[C@H]1CCC(=O)N(C)[C@@H]1c1ccccc1F. The number of benzene rings is 1. The number of rotatable bonds is 3. The summed E-state index contributed by atoms with van der Waals surface area (Å²) in [5.41, 5.74) is 0.402. The summed E-state index contributed by atoms with van der Waals surface area (Å²) in [6.45, 7) is 2.37. The molecule has 1 heterocycles. The Morgan fingerprint density at radius 3 is 2.80 bits per heavy atom. The maximum atomic E-state index is 14.0. The summed E-state index contributed by atoms with van der Waals surface area (Å²) in [6, 6.07) is 5.78. The summed E-state index contributed by atoms with van der Waals surface area (Å²) >= 11 is 0. The molecule has 0 unspecified atom stereocenters. The van der Waals surface area contributed by atoms with Gasteiger partial charge in [0.25, 0.3) is 0 Å². The first-order chi connectivity index (χ1) is 9.56. The van der Waals surface area contributed by atoms with Crippen molar-refractivity contribution in [1.29, 1.82) is 0 Å². The van der Waals surface area contributed by atoms with E-state index in [0.717, 1.165) is 0 Å². The quantitative estimate of drug-likeness (QED) is 0.917. The molecule has 1 aliphatic heterocycles. The highest BCUT2D eigenvalue weighted by atomic mass is 19.1. The molecule has 20 heavy (non-hydrogen) atoms. The molecule has 0 saturated carbocycles. The summed E-state index contributed by atoms with van der Waals surface area (Å²) in [5, 5.41) is 2.77. The molecule has 0 bridgehead atoms. The van der Waals surface area contributed by atoms with Crippen LogP contribution in [0, 0.1) is 11.7 Å². The average Bonchev–Trinajstić information content (AvgIpc) is 2.43. The molecule has 0 aromatic heterocycles. The highest BCUT2D eigenvalue weighted by Gasteiger charge is 2.39. The van der Waals surface area contributed by atoms with Crippen LogP contribution in [0.15, 0.2) is 24.3 Å². The van der Waals surface area contributed by atoms with E-state index in [-0.39, 0.29) is 17.6 Å². The lowest BCUT2D eigenvalue weighted by Gasteiger charge is -2.38. The Hall–Kier alpha value is -1.91. The van der Waals surface area contributed by atoms with Gasteiger partial charge in [0.1, 0.15) is 5.82 Å². The first-order valence-corrected chi connectivity index (χ1v) is 6.84. The van der Waals surface area contributed by atoms with Crippen molar-refractivity contribution in [3.8, 4) is 0 Å². The predicted molar refractivity (Wildman–Crippen MR) is 73.3 cm³/mol. The predicted octanol–water partition coefficient (Wildman–Crippen LogP) is 1.87. The third-order valence-corrected chi connectivity index (χ3v) is 3.77. The number of nitrogens with one attached hydrogen (secondary N) is 1. The van der Waals surface area contributed by atoms with Crippen molar-refractivity contribution in [2.75, 3.05) is 13.6 Å². The molecule has 2 atom stereocenters. The van der Waals surface area contributed by atoms with E-state index in [9.17, 15) is 14.0 Å². The third-order valence-electron chi connectivity index (χ3n) is 3.77. The van der Waals surface area contributed by atoms with Crippen LogP contribution in [0.4, 0.5) is 4.39 Å². The molecule has 1 N–H and O–H groups in total. The highest BCUT2D eigenvalue weighted by molar-refractivity contribution is 5.84. The molecule has 1 fully saturated rings. The van der Waals surface area contributed by atoms with Gasteiger partial charge in [-0.3, -0.25) is 9.59 Å². The zero-order valence-corrected chi connectivity index (χ0v) is 11.7. The molecule has 1 saturated heterocycles. The Kier molecular flexibility index (Phi) is 4.37. The van der Waals surface area contributed by atoms with Crippen LogP contribution in [0.25, 0.3) is 0 Å². The molecule has 1 aromatic carbocycles. The monoisotopic (exact) mass is 278 g/mol. The van der Waals surface area contributed by atoms with E-state index in [1.165, 1.54) is 11.0 Å². The van der Waals surface area contributed by atoms with Crippen LogP contribution >= 0.6 is 0 Å². The second kappa shape index (κ2) is 6.03. The zero-order chi connectivity index (χ0) is 14.7. The highest BCUT2D eigenvalue weighted by Crippen LogP contribution is 2.36. The maximum Gasteiger partial charge on any atom is 0.225 e. The van der Waals surface area contributed by atoms with Gasteiger partial charge >= 0.3 is 0 Å². The number of nitrogens with zero attached hydrogens (tertiary/aromatic N) is 1. The maximum absolute atomic E-state index is 14.0. The van der Waals surface area contributed by atoms with E-state index >= 15 is 0 Å². The number of likely N-dealkylation sites (tertiary alicyclic amines) is 1. The summed E-state index contributed by atoms with van der Waals surface area (Å²) in [7, 11) is 1.63. The van der Waals surface area contributed by atoms with Gasteiger partial charge in [0.15, 0.2) is 0 Å². The van der Waals surface area contributed by atoms with Crippen LogP contribution in [0.3, 0.4) is 0 Å². The molecule has 1 aromatic rings. The minimum Gasteiger partial charge on any atom is -0.356 e. The topological polar surface area (TPSA) is 49.4 Å². The normalized spacial score (nSPS) is 22.8. The molecule has 2 rings (SSSR count). The average molecular weight is 278 g/mol. The van der Waals surface area contributed by atoms with Crippen LogP contribution in [0.1, 0.15) is 31.4 Å². The molecule has 2 amide bonds. The molecule has 108 valence electrons. The van der Waals surface area contributed by atoms with Crippen molar-refractivity contribution < 1.29 is 14.0 Å². The van der Waals surface area contributed by atoms with Gasteiger partial charge < -0.3 is 10.2 Å². The van der Waals surface area contributed by atoms with Crippen molar-refractivity contribution in [2.24, 2.45) is 5.92 Å². The zero-order valence-electron chi connectivity index (χ0n) is 11.7. The van der Waals surface area contributed by atoms with Crippen LogP contribution in [-0.4, -0.2) is 30.3 Å². The minimum atomic E-state index is -0.538. The fourth-order valence-electron chi connectivity index (χ4n) is 2.76. The van der Waals surface area contributed by atoms with Crippen molar-refractivity contribution in [1.82, 2.24) is 10.2 Å². The van der Waals surface area contributed by atoms with E-state index in [4.69, 9.17) is 0 Å². The number of hydrogen-bond donors (Lipinski definition) is 1. The van der Waals surface area contributed by atoms with Gasteiger partial charge in [-0.1, -0.05) is 18.2 Å². The lowest BCUT2D eigenvalue weighted by Crippen LogP contribution is -2.46. The van der Waals surface area contributed by atoms with Crippen molar-refractivity contribution >= 4 is 11.8 Å². The first-order valence-electron chi connectivity index (χ1n) is 6.84. The van der Waals surface area contributed by atoms with Gasteiger partial charge in [-0.2, -0.15) is 0 Å². The number of piperidine rings is 1. The fraction of sp³-hybridized carbons (Fsp3) is 0.467. The Morgan fingerprint density at radius 2 is 2.15 bits per heavy atom. The Morgan fingerprint density at radius 1 is 1.45 bits per heavy atom. The van der Waals surface area contributed by atoms with Crippen molar-refractivity contribution in [3.05, 3.63) is 35.6 Å². The summed E-state index contributed by atoms with van der Waals surface area (Å²) in [6.07, 6.45) is 0.775. The smallest absolute Gasteiger partial charge is 0.225 e. The standard InChI is InChI=1S/C15H19FN2O2/c1-3-17-15(20)11-8-9-13(19)18(2)14(11)10-6-4-5-7-12(10)16/h4-7,11,14H,3,8-9H2,1-2H3,(H,17,20)/t11-,14+/m0/s1. The second-order valence-corrected chi connectivity index (χ2v) is 5.01.